The Kier molecular flexibility index (Phi) is 0.917. The van der Waals surface area contributed by atoms with Gasteiger partial charge >= 0.3 is 0 Å². The maximum atomic E-state index is 9.11. The number of fused-ring (bicyclic) bond motifs is 1. The van der Waals surface area contributed by atoms with Crippen molar-refractivity contribution in [2.45, 2.75) is 0 Å². The summed E-state index contributed by atoms with van der Waals surface area (Å²) in [6.45, 7) is 0. The fourth-order valence-electron chi connectivity index (χ4n) is 0.823. The lowest BCUT2D eigenvalue weighted by atomic mass is 10.3. The van der Waals surface area contributed by atoms with E-state index >= 15 is 0 Å². The first kappa shape index (κ1) is 5.29. The fraction of sp³-hybridized carbons (Fsp3) is 0. The van der Waals surface area contributed by atoms with Crippen molar-refractivity contribution in [3.63, 3.8) is 0 Å². The quantitative estimate of drug-likeness (QED) is 0.591. The molecule has 49 valence electrons. The van der Waals surface area contributed by atoms with Crippen LogP contribution in [0.2, 0.25) is 0 Å². The first-order valence-corrected chi connectivity index (χ1v) is 2.82. The molecule has 3 nitrogen and oxygen atoms in total. The van der Waals surface area contributed by atoms with Gasteiger partial charge in [0.15, 0.2) is 11.3 Å². The van der Waals surface area contributed by atoms with Gasteiger partial charge in [-0.05, 0) is 12.1 Å². The molecule has 0 spiro atoms. The first-order chi connectivity index (χ1) is 4.88. The fourth-order valence-corrected chi connectivity index (χ4v) is 0.823. The molecule has 1 aromatic carbocycles. The molecule has 3 heteroatoms. The number of hydrogen-bond acceptors (Lipinski definition) is 3. The number of aromatic nitrogens is 1. The predicted octanol–water partition coefficient (Wildman–Crippen LogP) is 1.33. The second-order valence-electron chi connectivity index (χ2n) is 1.93. The van der Waals surface area contributed by atoms with E-state index in [1.54, 1.807) is 18.2 Å². The summed E-state index contributed by atoms with van der Waals surface area (Å²) in [5.41, 5.74) is 1.02. The molecule has 0 unspecified atom stereocenters. The monoisotopic (exact) mass is 134 g/mol. The summed E-state index contributed by atoms with van der Waals surface area (Å²) in [6, 6.07) is 4.99. The van der Waals surface area contributed by atoms with Crippen LogP contribution in [-0.2, 0) is 0 Å². The van der Waals surface area contributed by atoms with Crippen molar-refractivity contribution in [3.05, 3.63) is 24.6 Å². The Morgan fingerprint density at radius 3 is 3.20 bits per heavy atom. The number of phenols is 1. The highest BCUT2D eigenvalue weighted by molar-refractivity contribution is 5.78. The molecule has 2 aromatic rings. The van der Waals surface area contributed by atoms with Gasteiger partial charge in [0, 0.05) is 0 Å². The SMILES string of the molecule is Oc1cccc2n[c]oc12. The van der Waals surface area contributed by atoms with Gasteiger partial charge in [-0.1, -0.05) is 6.07 Å². The van der Waals surface area contributed by atoms with Crippen LogP contribution in [0.1, 0.15) is 0 Å². The lowest BCUT2D eigenvalue weighted by Crippen LogP contribution is -1.66. The third-order valence-corrected chi connectivity index (χ3v) is 1.29. The van der Waals surface area contributed by atoms with Gasteiger partial charge in [0.25, 0.3) is 6.39 Å². The van der Waals surface area contributed by atoms with Gasteiger partial charge in [0.2, 0.25) is 0 Å². The number of phenolic OH excluding ortho intramolecular Hbond substituents is 1. The smallest absolute Gasteiger partial charge is 0.284 e. The van der Waals surface area contributed by atoms with Crippen LogP contribution >= 0.6 is 0 Å². The van der Waals surface area contributed by atoms with E-state index in [4.69, 9.17) is 9.52 Å². The Bertz CT molecular complexity index is 353. The van der Waals surface area contributed by atoms with Crippen LogP contribution in [0, 0.1) is 6.39 Å². The van der Waals surface area contributed by atoms with E-state index in [1.807, 2.05) is 0 Å². The molecule has 0 saturated heterocycles. The highest BCUT2D eigenvalue weighted by Crippen LogP contribution is 2.21. The molecule has 0 aliphatic rings. The van der Waals surface area contributed by atoms with Crippen molar-refractivity contribution < 1.29 is 9.52 Å². The van der Waals surface area contributed by atoms with E-state index < -0.39 is 0 Å². The minimum Gasteiger partial charge on any atom is -0.504 e. The average molecular weight is 134 g/mol. The van der Waals surface area contributed by atoms with Crippen LogP contribution in [0.25, 0.3) is 11.1 Å². The number of hydrogen-bond donors (Lipinski definition) is 1. The molecule has 1 heterocycles. The molecule has 0 saturated carbocycles. The zero-order chi connectivity index (χ0) is 6.97. The largest absolute Gasteiger partial charge is 0.504 e. The van der Waals surface area contributed by atoms with Crippen molar-refractivity contribution >= 4 is 11.1 Å². The average Bonchev–Trinajstić information content (AvgIpc) is 2.36. The van der Waals surface area contributed by atoms with E-state index in [2.05, 4.69) is 11.4 Å². The van der Waals surface area contributed by atoms with Gasteiger partial charge in [-0.2, -0.15) is 0 Å². The van der Waals surface area contributed by atoms with Crippen molar-refractivity contribution in [3.8, 4) is 5.75 Å². The summed E-state index contributed by atoms with van der Waals surface area (Å²) in [4.78, 5) is 3.73. The lowest BCUT2D eigenvalue weighted by Gasteiger charge is -1.87. The highest BCUT2D eigenvalue weighted by atomic mass is 16.4. The van der Waals surface area contributed by atoms with Crippen molar-refractivity contribution in [1.82, 2.24) is 4.98 Å². The van der Waals surface area contributed by atoms with E-state index in [0.717, 1.165) is 0 Å². The highest BCUT2D eigenvalue weighted by Gasteiger charge is 2.01. The summed E-state index contributed by atoms with van der Waals surface area (Å²) >= 11 is 0. The Hall–Kier alpha value is -1.51. The van der Waals surface area contributed by atoms with Gasteiger partial charge < -0.3 is 9.52 Å². The first-order valence-electron chi connectivity index (χ1n) is 2.82. The summed E-state index contributed by atoms with van der Waals surface area (Å²) in [5, 5.41) is 9.11. The molecule has 0 atom stereocenters. The number of nitrogens with zero attached hydrogens (tertiary/aromatic N) is 1. The Morgan fingerprint density at radius 2 is 2.40 bits per heavy atom. The van der Waals surface area contributed by atoms with Crippen LogP contribution < -0.4 is 0 Å². The zero-order valence-electron chi connectivity index (χ0n) is 5.03. The molecular formula is C7H4NO2. The summed E-state index contributed by atoms with van der Waals surface area (Å²) in [7, 11) is 0. The number of aromatic hydroxyl groups is 1. The van der Waals surface area contributed by atoms with Gasteiger partial charge in [0.1, 0.15) is 5.52 Å². The third kappa shape index (κ3) is 0.572. The van der Waals surface area contributed by atoms with Crippen LogP contribution in [0.5, 0.6) is 5.75 Å². The zero-order valence-corrected chi connectivity index (χ0v) is 5.03. The van der Waals surface area contributed by atoms with Crippen LogP contribution in [0.4, 0.5) is 0 Å². The van der Waals surface area contributed by atoms with E-state index in [9.17, 15) is 0 Å². The Balaban J connectivity index is 2.95. The Labute approximate surface area is 56.9 Å². The second-order valence-corrected chi connectivity index (χ2v) is 1.93. The molecule has 0 bridgehead atoms. The van der Waals surface area contributed by atoms with E-state index in [1.165, 1.54) is 0 Å². The maximum absolute atomic E-state index is 9.11. The van der Waals surface area contributed by atoms with Crippen LogP contribution in [0.15, 0.2) is 22.6 Å². The topological polar surface area (TPSA) is 46.3 Å². The molecule has 0 aliphatic carbocycles. The molecule has 0 aliphatic heterocycles. The van der Waals surface area contributed by atoms with E-state index in [0.29, 0.717) is 11.1 Å². The molecule has 0 fully saturated rings. The van der Waals surface area contributed by atoms with Gasteiger partial charge in [0.05, 0.1) is 0 Å². The summed E-state index contributed by atoms with van der Waals surface area (Å²) in [6.07, 6.45) is 2.29. The van der Waals surface area contributed by atoms with Crippen molar-refractivity contribution in [2.75, 3.05) is 0 Å². The normalized spacial score (nSPS) is 10.4. The second kappa shape index (κ2) is 1.73. The molecule has 0 amide bonds. The van der Waals surface area contributed by atoms with E-state index in [-0.39, 0.29) is 5.75 Å². The number of rotatable bonds is 0. The molecule has 1 aromatic heterocycles. The minimum atomic E-state index is 0.103. The maximum Gasteiger partial charge on any atom is 0.284 e. The molecule has 1 N–H and O–H groups in total. The van der Waals surface area contributed by atoms with Gasteiger partial charge in [-0.15, -0.1) is 0 Å². The number of benzene rings is 1. The molecule has 2 rings (SSSR count). The Morgan fingerprint density at radius 1 is 1.50 bits per heavy atom. The van der Waals surface area contributed by atoms with Crippen molar-refractivity contribution in [2.24, 2.45) is 0 Å². The minimum absolute atomic E-state index is 0.103. The van der Waals surface area contributed by atoms with Crippen molar-refractivity contribution in [1.29, 1.82) is 0 Å². The van der Waals surface area contributed by atoms with Crippen LogP contribution in [-0.4, -0.2) is 10.1 Å². The van der Waals surface area contributed by atoms with Crippen LogP contribution in [0.3, 0.4) is 0 Å². The lowest BCUT2D eigenvalue weighted by molar-refractivity contribution is 0.463. The molecular weight excluding hydrogens is 130 g/mol. The number of para-hydroxylation sites is 1. The van der Waals surface area contributed by atoms with Gasteiger partial charge in [-0.25, -0.2) is 4.98 Å². The molecule has 10 heavy (non-hydrogen) atoms. The summed E-state index contributed by atoms with van der Waals surface area (Å²) in [5.74, 6) is 0.103. The molecule has 1 radical (unpaired) electrons. The predicted molar refractivity (Wildman–Crippen MR) is 34.5 cm³/mol. The third-order valence-electron chi connectivity index (χ3n) is 1.29. The van der Waals surface area contributed by atoms with Gasteiger partial charge in [-0.3, -0.25) is 0 Å². The number of oxazole rings is 1. The summed E-state index contributed by atoms with van der Waals surface area (Å²) < 4.78 is 4.76. The standard InChI is InChI=1S/C7H4NO2/c9-6-3-1-2-5-7(6)10-4-8-5/h1-3,9H.